The van der Waals surface area contributed by atoms with Crippen molar-refractivity contribution in [3.8, 4) is 0 Å². The molecule has 18 heavy (non-hydrogen) atoms. The summed E-state index contributed by atoms with van der Waals surface area (Å²) in [5.41, 5.74) is 0.655. The molecule has 2 saturated carbocycles. The molecule has 3 heteroatoms. The van der Waals surface area contributed by atoms with Gasteiger partial charge in [0.1, 0.15) is 5.82 Å². The maximum atomic E-state index is 14.1. The zero-order valence-electron chi connectivity index (χ0n) is 10.7. The van der Waals surface area contributed by atoms with E-state index < -0.39 is 0 Å². The van der Waals surface area contributed by atoms with Crippen molar-refractivity contribution >= 4 is 11.6 Å². The third-order valence-corrected chi connectivity index (χ3v) is 4.59. The van der Waals surface area contributed by atoms with Gasteiger partial charge in [0.25, 0.3) is 0 Å². The number of hydrogen-bond acceptors (Lipinski definition) is 1. The zero-order chi connectivity index (χ0) is 12.8. The van der Waals surface area contributed by atoms with Gasteiger partial charge in [0.2, 0.25) is 0 Å². The number of benzene rings is 1. The van der Waals surface area contributed by atoms with Crippen LogP contribution in [0.4, 0.5) is 4.39 Å². The van der Waals surface area contributed by atoms with E-state index in [1.165, 1.54) is 18.9 Å². The maximum absolute atomic E-state index is 14.1. The summed E-state index contributed by atoms with van der Waals surface area (Å²) >= 11 is 6.24. The van der Waals surface area contributed by atoms with Gasteiger partial charge in [0, 0.05) is 28.6 Å². The van der Waals surface area contributed by atoms with E-state index in [-0.39, 0.29) is 11.2 Å². The highest BCUT2D eigenvalue weighted by Gasteiger charge is 2.46. The van der Waals surface area contributed by atoms with Crippen molar-refractivity contribution < 1.29 is 4.39 Å². The molecule has 0 radical (unpaired) electrons. The predicted octanol–water partition coefficient (Wildman–Crippen LogP) is 3.90. The molecule has 0 aromatic heterocycles. The highest BCUT2D eigenvalue weighted by Crippen LogP contribution is 2.50. The third-order valence-electron chi connectivity index (χ3n) is 4.28. The van der Waals surface area contributed by atoms with Crippen molar-refractivity contribution in [1.82, 2.24) is 5.32 Å². The first-order valence-electron chi connectivity index (χ1n) is 6.79. The lowest BCUT2D eigenvalue weighted by molar-refractivity contribution is 0.147. The Kier molecular flexibility index (Phi) is 3.11. The molecule has 2 fully saturated rings. The Balaban J connectivity index is 1.88. The van der Waals surface area contributed by atoms with Crippen molar-refractivity contribution in [2.45, 2.75) is 44.1 Å². The molecule has 1 aromatic carbocycles. The smallest absolute Gasteiger partial charge is 0.128 e. The summed E-state index contributed by atoms with van der Waals surface area (Å²) in [7, 11) is 0. The monoisotopic (exact) mass is 267 g/mol. The first kappa shape index (κ1) is 12.4. The van der Waals surface area contributed by atoms with Crippen molar-refractivity contribution in [2.75, 3.05) is 6.54 Å². The minimum atomic E-state index is -0.146. The Bertz CT molecular complexity index is 430. The van der Waals surface area contributed by atoms with Crippen LogP contribution < -0.4 is 5.32 Å². The molecule has 0 aliphatic heterocycles. The maximum Gasteiger partial charge on any atom is 0.128 e. The van der Waals surface area contributed by atoms with Gasteiger partial charge in [0.05, 0.1) is 0 Å². The lowest BCUT2D eigenvalue weighted by atomic mass is 9.59. The van der Waals surface area contributed by atoms with Gasteiger partial charge in [-0.2, -0.15) is 0 Å². The summed E-state index contributed by atoms with van der Waals surface area (Å²) in [6.07, 6.45) is 4.59. The second kappa shape index (κ2) is 4.50. The minimum Gasteiger partial charge on any atom is -0.313 e. The van der Waals surface area contributed by atoms with Crippen LogP contribution in [0.3, 0.4) is 0 Å². The van der Waals surface area contributed by atoms with E-state index in [0.717, 1.165) is 24.9 Å². The van der Waals surface area contributed by atoms with Crippen molar-refractivity contribution in [2.24, 2.45) is 5.92 Å². The SMILES string of the molecule is CC1CC(CNC2CC2)(c2c(F)cccc2Cl)C1. The number of rotatable bonds is 4. The van der Waals surface area contributed by atoms with E-state index in [1.54, 1.807) is 6.07 Å². The van der Waals surface area contributed by atoms with Crippen LogP contribution >= 0.6 is 11.6 Å². The molecule has 3 rings (SSSR count). The highest BCUT2D eigenvalue weighted by atomic mass is 35.5. The molecule has 0 atom stereocenters. The van der Waals surface area contributed by atoms with E-state index in [0.29, 0.717) is 17.0 Å². The summed E-state index contributed by atoms with van der Waals surface area (Å²) in [6, 6.07) is 5.68. The lowest BCUT2D eigenvalue weighted by Gasteiger charge is -2.48. The highest BCUT2D eigenvalue weighted by molar-refractivity contribution is 6.31. The van der Waals surface area contributed by atoms with Crippen LogP contribution in [-0.4, -0.2) is 12.6 Å². The molecular formula is C15H19ClFN. The average Bonchev–Trinajstić information content (AvgIpc) is 3.07. The normalized spacial score (nSPS) is 31.2. The lowest BCUT2D eigenvalue weighted by Crippen LogP contribution is -2.49. The molecule has 0 saturated heterocycles. The van der Waals surface area contributed by atoms with Crippen LogP contribution in [0.2, 0.25) is 5.02 Å². The Hall–Kier alpha value is -0.600. The molecule has 1 nitrogen and oxygen atoms in total. The second-order valence-corrected chi connectivity index (χ2v) is 6.45. The van der Waals surface area contributed by atoms with E-state index in [2.05, 4.69) is 12.2 Å². The van der Waals surface area contributed by atoms with Crippen molar-refractivity contribution in [3.05, 3.63) is 34.6 Å². The molecule has 2 aliphatic rings. The Morgan fingerprint density at radius 1 is 1.39 bits per heavy atom. The number of halogens is 2. The van der Waals surface area contributed by atoms with Gasteiger partial charge in [-0.3, -0.25) is 0 Å². The summed E-state index contributed by atoms with van der Waals surface area (Å²) in [4.78, 5) is 0. The molecular weight excluding hydrogens is 249 g/mol. The summed E-state index contributed by atoms with van der Waals surface area (Å²) in [5.74, 6) is 0.522. The van der Waals surface area contributed by atoms with Crippen LogP contribution in [0.15, 0.2) is 18.2 Å². The van der Waals surface area contributed by atoms with E-state index in [1.807, 2.05) is 6.07 Å². The molecule has 0 heterocycles. The second-order valence-electron chi connectivity index (χ2n) is 6.05. The molecule has 1 N–H and O–H groups in total. The Labute approximate surface area is 113 Å². The minimum absolute atomic E-state index is 0.0789. The average molecular weight is 268 g/mol. The van der Waals surface area contributed by atoms with E-state index in [9.17, 15) is 4.39 Å². The fraction of sp³-hybridized carbons (Fsp3) is 0.600. The van der Waals surface area contributed by atoms with Crippen molar-refractivity contribution in [1.29, 1.82) is 0 Å². The van der Waals surface area contributed by atoms with Gasteiger partial charge < -0.3 is 5.32 Å². The fourth-order valence-electron chi connectivity index (χ4n) is 3.34. The Morgan fingerprint density at radius 2 is 2.11 bits per heavy atom. The van der Waals surface area contributed by atoms with Crippen LogP contribution in [0.1, 0.15) is 38.2 Å². The van der Waals surface area contributed by atoms with E-state index >= 15 is 0 Å². The molecule has 98 valence electrons. The molecule has 0 spiro atoms. The zero-order valence-corrected chi connectivity index (χ0v) is 11.4. The molecule has 0 bridgehead atoms. The first-order chi connectivity index (χ1) is 8.61. The van der Waals surface area contributed by atoms with Gasteiger partial charge in [-0.15, -0.1) is 0 Å². The fourth-order valence-corrected chi connectivity index (χ4v) is 3.71. The summed E-state index contributed by atoms with van der Waals surface area (Å²) in [6.45, 7) is 3.09. The standard InChI is InChI=1S/C15H19ClFN/c1-10-7-15(8-10,9-18-11-5-6-11)14-12(16)3-2-4-13(14)17/h2-4,10-11,18H,5-9H2,1H3. The summed E-state index contributed by atoms with van der Waals surface area (Å²) < 4.78 is 14.1. The molecule has 0 unspecified atom stereocenters. The van der Waals surface area contributed by atoms with Crippen LogP contribution in [0.5, 0.6) is 0 Å². The molecule has 0 amide bonds. The number of hydrogen-bond donors (Lipinski definition) is 1. The van der Waals surface area contributed by atoms with Crippen molar-refractivity contribution in [3.63, 3.8) is 0 Å². The van der Waals surface area contributed by atoms with Gasteiger partial charge in [0.15, 0.2) is 0 Å². The predicted molar refractivity (Wildman–Crippen MR) is 72.5 cm³/mol. The third kappa shape index (κ3) is 2.17. The van der Waals surface area contributed by atoms with Crippen LogP contribution in [0, 0.1) is 11.7 Å². The quantitative estimate of drug-likeness (QED) is 0.872. The van der Waals surface area contributed by atoms with Crippen LogP contribution in [0.25, 0.3) is 0 Å². The first-order valence-corrected chi connectivity index (χ1v) is 7.16. The van der Waals surface area contributed by atoms with E-state index in [4.69, 9.17) is 11.6 Å². The van der Waals surface area contributed by atoms with Crippen LogP contribution in [-0.2, 0) is 5.41 Å². The number of nitrogens with one attached hydrogen (secondary N) is 1. The van der Waals surface area contributed by atoms with Gasteiger partial charge in [-0.05, 0) is 43.7 Å². The van der Waals surface area contributed by atoms with Gasteiger partial charge in [-0.25, -0.2) is 4.39 Å². The topological polar surface area (TPSA) is 12.0 Å². The molecule has 2 aliphatic carbocycles. The Morgan fingerprint density at radius 3 is 2.67 bits per heavy atom. The largest absolute Gasteiger partial charge is 0.313 e. The summed E-state index contributed by atoms with van der Waals surface area (Å²) in [5, 5.41) is 4.13. The van der Waals surface area contributed by atoms with Gasteiger partial charge in [-0.1, -0.05) is 24.6 Å². The molecule has 1 aromatic rings. The van der Waals surface area contributed by atoms with Gasteiger partial charge >= 0.3 is 0 Å².